The first kappa shape index (κ1) is 15.3. The maximum atomic E-state index is 12.0. The summed E-state index contributed by atoms with van der Waals surface area (Å²) in [6.07, 6.45) is 1.30. The van der Waals surface area contributed by atoms with Crippen molar-refractivity contribution in [2.75, 3.05) is 0 Å². The molecule has 1 aromatic heterocycles. The van der Waals surface area contributed by atoms with Crippen molar-refractivity contribution in [1.29, 1.82) is 0 Å². The van der Waals surface area contributed by atoms with E-state index in [-0.39, 0.29) is 23.2 Å². The van der Waals surface area contributed by atoms with Crippen molar-refractivity contribution in [3.8, 4) is 0 Å². The Morgan fingerprint density at radius 3 is 2.56 bits per heavy atom. The molecular formula is C14H24N2OS. The molecule has 4 heteroatoms. The molecule has 1 aromatic rings. The maximum absolute atomic E-state index is 12.0. The van der Waals surface area contributed by atoms with Gasteiger partial charge in [-0.2, -0.15) is 0 Å². The van der Waals surface area contributed by atoms with E-state index in [1.165, 1.54) is 0 Å². The fourth-order valence-corrected chi connectivity index (χ4v) is 2.61. The van der Waals surface area contributed by atoms with Crippen LogP contribution in [-0.4, -0.2) is 16.8 Å². The molecule has 0 aliphatic heterocycles. The second-order valence-electron chi connectivity index (χ2n) is 5.93. The van der Waals surface area contributed by atoms with E-state index in [0.717, 1.165) is 17.1 Å². The zero-order chi connectivity index (χ0) is 13.9. The van der Waals surface area contributed by atoms with Crippen LogP contribution in [0.4, 0.5) is 0 Å². The van der Waals surface area contributed by atoms with Crippen molar-refractivity contribution in [1.82, 2.24) is 4.98 Å². The molecule has 0 saturated carbocycles. The van der Waals surface area contributed by atoms with E-state index in [1.54, 1.807) is 11.3 Å². The van der Waals surface area contributed by atoms with Gasteiger partial charge in [0.15, 0.2) is 5.78 Å². The van der Waals surface area contributed by atoms with Crippen molar-refractivity contribution >= 4 is 17.1 Å². The lowest BCUT2D eigenvalue weighted by Crippen LogP contribution is -2.37. The Labute approximate surface area is 114 Å². The average molecular weight is 268 g/mol. The summed E-state index contributed by atoms with van der Waals surface area (Å²) >= 11 is 1.55. The monoisotopic (exact) mass is 268 g/mol. The van der Waals surface area contributed by atoms with Gasteiger partial charge in [-0.05, 0) is 5.92 Å². The van der Waals surface area contributed by atoms with E-state index in [9.17, 15) is 4.79 Å². The molecule has 1 heterocycles. The minimum absolute atomic E-state index is 0.0383. The van der Waals surface area contributed by atoms with Gasteiger partial charge in [0.05, 0.1) is 18.2 Å². The molecule has 3 nitrogen and oxygen atoms in total. The Morgan fingerprint density at radius 1 is 1.50 bits per heavy atom. The number of Topliss-reactive ketones (excluding diaryl/α,β-unsaturated/α-hetero) is 1. The molecule has 0 spiro atoms. The van der Waals surface area contributed by atoms with Gasteiger partial charge in [0.25, 0.3) is 0 Å². The zero-order valence-electron chi connectivity index (χ0n) is 12.0. The van der Waals surface area contributed by atoms with Crippen molar-refractivity contribution in [3.63, 3.8) is 0 Å². The molecule has 102 valence electrons. The fraction of sp³-hybridized carbons (Fsp3) is 0.714. The lowest BCUT2D eigenvalue weighted by Gasteiger charge is -2.16. The molecule has 18 heavy (non-hydrogen) atoms. The summed E-state index contributed by atoms with van der Waals surface area (Å²) in [5.41, 5.74) is 7.03. The highest BCUT2D eigenvalue weighted by molar-refractivity contribution is 7.09. The minimum atomic E-state index is -0.364. The molecule has 0 saturated heterocycles. The Kier molecular flexibility index (Phi) is 5.05. The van der Waals surface area contributed by atoms with E-state index in [0.29, 0.717) is 6.42 Å². The van der Waals surface area contributed by atoms with E-state index >= 15 is 0 Å². The predicted molar refractivity (Wildman–Crippen MR) is 77.0 cm³/mol. The summed E-state index contributed by atoms with van der Waals surface area (Å²) < 4.78 is 0. The molecule has 0 aliphatic carbocycles. The minimum Gasteiger partial charge on any atom is -0.321 e. The topological polar surface area (TPSA) is 56.0 Å². The third kappa shape index (κ3) is 3.89. The van der Waals surface area contributed by atoms with E-state index < -0.39 is 0 Å². The Morgan fingerprint density at radius 2 is 2.11 bits per heavy atom. The van der Waals surface area contributed by atoms with Crippen LogP contribution in [0.25, 0.3) is 0 Å². The van der Waals surface area contributed by atoms with Gasteiger partial charge in [0, 0.05) is 10.8 Å². The highest BCUT2D eigenvalue weighted by Gasteiger charge is 2.22. The molecular weight excluding hydrogens is 244 g/mol. The van der Waals surface area contributed by atoms with Gasteiger partial charge >= 0.3 is 0 Å². The molecule has 0 fully saturated rings. The van der Waals surface area contributed by atoms with Crippen molar-refractivity contribution in [3.05, 3.63) is 16.1 Å². The number of rotatable bonds is 5. The van der Waals surface area contributed by atoms with E-state index in [1.807, 2.05) is 12.3 Å². The number of nitrogens with zero attached hydrogens (tertiary/aromatic N) is 1. The molecule has 2 atom stereocenters. The second-order valence-corrected chi connectivity index (χ2v) is 6.87. The molecule has 0 radical (unpaired) electrons. The van der Waals surface area contributed by atoms with Crippen molar-refractivity contribution < 1.29 is 4.79 Å². The normalized spacial score (nSPS) is 15.4. The first-order valence-electron chi connectivity index (χ1n) is 6.48. The highest BCUT2D eigenvalue weighted by Crippen LogP contribution is 2.24. The van der Waals surface area contributed by atoms with Crippen molar-refractivity contribution in [2.24, 2.45) is 11.7 Å². The number of thiazole rings is 1. The zero-order valence-corrected chi connectivity index (χ0v) is 12.8. The summed E-state index contributed by atoms with van der Waals surface area (Å²) in [5.74, 6) is 0.332. The molecule has 2 N–H and O–H groups in total. The van der Waals surface area contributed by atoms with Crippen LogP contribution in [0.3, 0.4) is 0 Å². The quantitative estimate of drug-likeness (QED) is 0.893. The van der Waals surface area contributed by atoms with Crippen LogP contribution in [0, 0.1) is 5.92 Å². The molecule has 0 aromatic carbocycles. The number of hydrogen-bond donors (Lipinski definition) is 1. The van der Waals surface area contributed by atoms with Crippen LogP contribution in [-0.2, 0) is 16.6 Å². The van der Waals surface area contributed by atoms with E-state index in [2.05, 4.69) is 32.7 Å². The number of nitrogens with two attached hydrogens (primary N) is 1. The highest BCUT2D eigenvalue weighted by atomic mass is 32.1. The van der Waals surface area contributed by atoms with E-state index in [4.69, 9.17) is 5.73 Å². The maximum Gasteiger partial charge on any atom is 0.156 e. The Balaban J connectivity index is 2.68. The van der Waals surface area contributed by atoms with Gasteiger partial charge in [-0.1, -0.05) is 41.0 Å². The summed E-state index contributed by atoms with van der Waals surface area (Å²) in [5, 5.41) is 2.92. The summed E-state index contributed by atoms with van der Waals surface area (Å²) in [6.45, 7) is 10.4. The molecule has 2 unspecified atom stereocenters. The average Bonchev–Trinajstić information content (AvgIpc) is 2.75. The lowest BCUT2D eigenvalue weighted by atomic mass is 9.93. The molecule has 1 rings (SSSR count). The lowest BCUT2D eigenvalue weighted by molar-refractivity contribution is -0.120. The molecule has 0 aliphatic rings. The number of ketones is 1. The number of carbonyl (C=O) groups is 1. The van der Waals surface area contributed by atoms with Crippen LogP contribution in [0.2, 0.25) is 0 Å². The van der Waals surface area contributed by atoms with Gasteiger partial charge in [-0.3, -0.25) is 4.79 Å². The number of carbonyl (C=O) groups excluding carboxylic acids is 1. The molecule has 0 amide bonds. The first-order valence-corrected chi connectivity index (χ1v) is 7.36. The third-order valence-corrected chi connectivity index (χ3v) is 4.12. The van der Waals surface area contributed by atoms with Gasteiger partial charge in [0.1, 0.15) is 5.01 Å². The van der Waals surface area contributed by atoms with Gasteiger partial charge in [-0.25, -0.2) is 4.98 Å². The van der Waals surface area contributed by atoms with Crippen LogP contribution in [0.5, 0.6) is 0 Å². The first-order chi connectivity index (χ1) is 8.25. The molecule has 0 bridgehead atoms. The number of hydrogen-bond acceptors (Lipinski definition) is 4. The number of aromatic nitrogens is 1. The largest absolute Gasteiger partial charge is 0.321 e. The van der Waals surface area contributed by atoms with Crippen LogP contribution < -0.4 is 5.73 Å². The summed E-state index contributed by atoms with van der Waals surface area (Å²) in [4.78, 5) is 16.5. The van der Waals surface area contributed by atoms with Crippen molar-refractivity contribution in [2.45, 2.75) is 58.9 Å². The smallest absolute Gasteiger partial charge is 0.156 e. The summed E-state index contributed by atoms with van der Waals surface area (Å²) in [6, 6.07) is -0.364. The van der Waals surface area contributed by atoms with Gasteiger partial charge in [0.2, 0.25) is 0 Å². The van der Waals surface area contributed by atoms with Crippen LogP contribution >= 0.6 is 11.3 Å². The second kappa shape index (κ2) is 5.93. The third-order valence-electron chi connectivity index (χ3n) is 3.27. The van der Waals surface area contributed by atoms with Crippen LogP contribution in [0.15, 0.2) is 5.38 Å². The Bertz CT molecular complexity index is 406. The van der Waals surface area contributed by atoms with Gasteiger partial charge < -0.3 is 5.73 Å². The fourth-order valence-electron chi connectivity index (χ4n) is 1.57. The standard InChI is InChI=1S/C14H24N2OS/c1-6-9(2)13(15)10(17)7-12-16-11(8-18-12)14(3,4)5/h8-9,13H,6-7,15H2,1-5H3. The SMILES string of the molecule is CCC(C)C(N)C(=O)Cc1nc(C(C)(C)C)cs1. The van der Waals surface area contributed by atoms with Crippen LogP contribution in [0.1, 0.15) is 51.7 Å². The Hall–Kier alpha value is -0.740. The van der Waals surface area contributed by atoms with Gasteiger partial charge in [-0.15, -0.1) is 11.3 Å². The summed E-state index contributed by atoms with van der Waals surface area (Å²) in [7, 11) is 0. The predicted octanol–water partition coefficient (Wildman–Crippen LogP) is 2.93.